The molecule has 1 aliphatic heterocycles. The van der Waals surface area contributed by atoms with Crippen LogP contribution in [0.2, 0.25) is 5.02 Å². The van der Waals surface area contributed by atoms with Crippen LogP contribution in [-0.4, -0.2) is 17.0 Å². The highest BCUT2D eigenvalue weighted by atomic mass is 35.5. The molecule has 4 nitrogen and oxygen atoms in total. The van der Waals surface area contributed by atoms with E-state index in [0.29, 0.717) is 27.6 Å². The summed E-state index contributed by atoms with van der Waals surface area (Å²) in [6, 6.07) is 12.4. The zero-order valence-electron chi connectivity index (χ0n) is 12.4. The molecule has 2 aromatic carbocycles. The van der Waals surface area contributed by atoms with Crippen molar-refractivity contribution >= 4 is 23.1 Å². The van der Waals surface area contributed by atoms with Gasteiger partial charge in [0.05, 0.1) is 11.8 Å². The molecule has 3 N–H and O–H groups in total. The molecule has 0 saturated carbocycles. The number of fused-ring (bicyclic) bond motifs is 1. The molecule has 1 heterocycles. The van der Waals surface area contributed by atoms with Gasteiger partial charge in [-0.3, -0.25) is 0 Å². The van der Waals surface area contributed by atoms with Crippen LogP contribution in [0.4, 0.5) is 5.69 Å². The molecule has 1 atom stereocenters. The minimum absolute atomic E-state index is 0.0428. The minimum Gasteiger partial charge on any atom is -0.491 e. The topological polar surface area (TPSA) is 67.8 Å². The van der Waals surface area contributed by atoms with E-state index >= 15 is 0 Å². The van der Waals surface area contributed by atoms with Gasteiger partial charge in [-0.1, -0.05) is 23.7 Å². The van der Waals surface area contributed by atoms with Gasteiger partial charge in [0.2, 0.25) is 0 Å². The van der Waals surface area contributed by atoms with E-state index in [1.54, 1.807) is 30.3 Å². The lowest BCUT2D eigenvalue weighted by Crippen LogP contribution is -2.39. The van der Waals surface area contributed by atoms with Gasteiger partial charge in [-0.2, -0.15) is 0 Å². The molecule has 3 rings (SSSR count). The monoisotopic (exact) mass is 316 g/mol. The summed E-state index contributed by atoms with van der Waals surface area (Å²) in [7, 11) is 0. The zero-order chi connectivity index (χ0) is 15.9. The van der Waals surface area contributed by atoms with Gasteiger partial charge in [-0.25, -0.2) is 4.99 Å². The smallest absolute Gasteiger partial charge is 0.174 e. The first kappa shape index (κ1) is 14.9. The Balaban J connectivity index is 2.12. The highest BCUT2D eigenvalue weighted by molar-refractivity contribution is 6.30. The summed E-state index contributed by atoms with van der Waals surface area (Å²) in [4.78, 5) is 4.26. The number of aliphatic imine (C=N–C) groups is 1. The Morgan fingerprint density at radius 3 is 2.73 bits per heavy atom. The fraction of sp³-hybridized carbons (Fsp3) is 0.235. The Hall–Kier alpha value is -2.04. The second-order valence-corrected chi connectivity index (χ2v) is 6.00. The van der Waals surface area contributed by atoms with E-state index in [9.17, 15) is 5.11 Å². The molecule has 0 fully saturated rings. The molecule has 1 unspecified atom stereocenters. The standard InChI is InChI=1S/C17H17ClN2O2/c1-10(2)22-13-5-3-4-11(8-13)17(21)14-9-12(18)6-7-15(14)20-16(17)19/h3-10,21H,1-2H3,(H2,19,20). The van der Waals surface area contributed by atoms with Crippen molar-refractivity contribution in [2.75, 3.05) is 0 Å². The van der Waals surface area contributed by atoms with Gasteiger partial charge in [0.25, 0.3) is 0 Å². The molecule has 2 aromatic rings. The number of amidine groups is 1. The molecule has 0 aromatic heterocycles. The summed E-state index contributed by atoms with van der Waals surface area (Å²) >= 11 is 6.06. The number of benzene rings is 2. The maximum Gasteiger partial charge on any atom is 0.174 e. The fourth-order valence-electron chi connectivity index (χ4n) is 2.61. The van der Waals surface area contributed by atoms with Gasteiger partial charge in [0.15, 0.2) is 5.60 Å². The molecule has 0 saturated heterocycles. The summed E-state index contributed by atoms with van der Waals surface area (Å²) in [6.07, 6.45) is 0.0428. The second-order valence-electron chi connectivity index (χ2n) is 5.56. The molecular formula is C17H17ClN2O2. The van der Waals surface area contributed by atoms with Gasteiger partial charge in [-0.05, 0) is 49.7 Å². The Morgan fingerprint density at radius 1 is 1.23 bits per heavy atom. The lowest BCUT2D eigenvalue weighted by Gasteiger charge is -2.25. The van der Waals surface area contributed by atoms with Gasteiger partial charge >= 0.3 is 0 Å². The highest BCUT2D eigenvalue weighted by Gasteiger charge is 2.42. The zero-order valence-corrected chi connectivity index (χ0v) is 13.1. The van der Waals surface area contributed by atoms with E-state index < -0.39 is 5.60 Å². The number of hydrogen-bond acceptors (Lipinski definition) is 4. The highest BCUT2D eigenvalue weighted by Crippen LogP contribution is 2.43. The van der Waals surface area contributed by atoms with Gasteiger partial charge in [0.1, 0.15) is 11.6 Å². The molecule has 114 valence electrons. The van der Waals surface area contributed by atoms with Crippen LogP contribution < -0.4 is 10.5 Å². The normalized spacial score (nSPS) is 20.0. The van der Waals surface area contributed by atoms with Crippen molar-refractivity contribution in [2.24, 2.45) is 10.7 Å². The summed E-state index contributed by atoms with van der Waals surface area (Å²) in [5, 5.41) is 11.7. The largest absolute Gasteiger partial charge is 0.491 e. The SMILES string of the molecule is CC(C)Oc1cccc(C2(O)C(N)=Nc3ccc(Cl)cc32)c1. The lowest BCUT2D eigenvalue weighted by molar-refractivity contribution is 0.157. The van der Waals surface area contributed by atoms with E-state index in [4.69, 9.17) is 22.1 Å². The van der Waals surface area contributed by atoms with Gasteiger partial charge in [-0.15, -0.1) is 0 Å². The number of hydrogen-bond donors (Lipinski definition) is 2. The molecule has 0 amide bonds. The first-order valence-electron chi connectivity index (χ1n) is 7.05. The van der Waals surface area contributed by atoms with E-state index in [1.165, 1.54) is 0 Å². The van der Waals surface area contributed by atoms with E-state index in [2.05, 4.69) is 4.99 Å². The average molecular weight is 317 g/mol. The molecular weight excluding hydrogens is 300 g/mol. The quantitative estimate of drug-likeness (QED) is 0.912. The number of halogens is 1. The summed E-state index contributed by atoms with van der Waals surface area (Å²) in [5.74, 6) is 0.802. The maximum absolute atomic E-state index is 11.2. The third-order valence-corrected chi connectivity index (χ3v) is 3.82. The summed E-state index contributed by atoms with van der Waals surface area (Å²) in [5.41, 5.74) is 6.34. The molecule has 5 heteroatoms. The minimum atomic E-state index is -1.49. The van der Waals surface area contributed by atoms with Crippen molar-refractivity contribution < 1.29 is 9.84 Å². The number of ether oxygens (including phenoxy) is 1. The molecule has 0 radical (unpaired) electrons. The second kappa shape index (κ2) is 5.30. The van der Waals surface area contributed by atoms with Gasteiger partial charge < -0.3 is 15.6 Å². The fourth-order valence-corrected chi connectivity index (χ4v) is 2.79. The van der Waals surface area contributed by atoms with Crippen molar-refractivity contribution in [3.8, 4) is 5.75 Å². The van der Waals surface area contributed by atoms with Gasteiger partial charge in [0, 0.05) is 10.6 Å². The van der Waals surface area contributed by atoms with Crippen molar-refractivity contribution in [3.63, 3.8) is 0 Å². The Bertz CT molecular complexity index is 758. The van der Waals surface area contributed by atoms with Crippen LogP contribution in [0.15, 0.2) is 47.5 Å². The van der Waals surface area contributed by atoms with Crippen molar-refractivity contribution in [1.29, 1.82) is 0 Å². The predicted molar refractivity (Wildman–Crippen MR) is 87.9 cm³/mol. The molecule has 22 heavy (non-hydrogen) atoms. The molecule has 0 aliphatic carbocycles. The first-order valence-corrected chi connectivity index (χ1v) is 7.43. The Labute approximate surface area is 134 Å². The first-order chi connectivity index (χ1) is 10.4. The number of nitrogens with two attached hydrogens (primary N) is 1. The number of aliphatic hydroxyl groups is 1. The van der Waals surface area contributed by atoms with Crippen LogP contribution >= 0.6 is 11.6 Å². The Kier molecular flexibility index (Phi) is 3.59. The van der Waals surface area contributed by atoms with Crippen LogP contribution in [0.1, 0.15) is 25.0 Å². The maximum atomic E-state index is 11.2. The van der Waals surface area contributed by atoms with Crippen molar-refractivity contribution in [1.82, 2.24) is 0 Å². The molecule has 0 bridgehead atoms. The molecule has 0 spiro atoms. The number of nitrogens with zero attached hydrogens (tertiary/aromatic N) is 1. The summed E-state index contributed by atoms with van der Waals surface area (Å²) in [6.45, 7) is 3.89. The van der Waals surface area contributed by atoms with Crippen LogP contribution in [0.25, 0.3) is 0 Å². The van der Waals surface area contributed by atoms with Crippen LogP contribution in [-0.2, 0) is 5.60 Å². The third-order valence-electron chi connectivity index (χ3n) is 3.58. The van der Waals surface area contributed by atoms with E-state index in [0.717, 1.165) is 0 Å². The number of rotatable bonds is 3. The lowest BCUT2D eigenvalue weighted by atomic mass is 9.86. The molecule has 1 aliphatic rings. The van der Waals surface area contributed by atoms with Crippen LogP contribution in [0.5, 0.6) is 5.75 Å². The Morgan fingerprint density at radius 2 is 2.00 bits per heavy atom. The van der Waals surface area contributed by atoms with E-state index in [-0.39, 0.29) is 11.9 Å². The predicted octanol–water partition coefficient (Wildman–Crippen LogP) is 3.37. The van der Waals surface area contributed by atoms with Crippen LogP contribution in [0, 0.1) is 0 Å². The van der Waals surface area contributed by atoms with Crippen molar-refractivity contribution in [3.05, 3.63) is 58.6 Å². The van der Waals surface area contributed by atoms with E-state index in [1.807, 2.05) is 26.0 Å². The van der Waals surface area contributed by atoms with Crippen LogP contribution in [0.3, 0.4) is 0 Å². The average Bonchev–Trinajstić information content (AvgIpc) is 2.72. The third kappa shape index (κ3) is 2.34. The summed E-state index contributed by atoms with van der Waals surface area (Å²) < 4.78 is 5.69. The van der Waals surface area contributed by atoms with Crippen molar-refractivity contribution in [2.45, 2.75) is 25.6 Å².